The van der Waals surface area contributed by atoms with Crippen LogP contribution in [0.4, 0.5) is 0 Å². The molecule has 1 saturated heterocycles. The predicted octanol–water partition coefficient (Wildman–Crippen LogP) is 1.49. The molecule has 2 unspecified atom stereocenters. The summed E-state index contributed by atoms with van der Waals surface area (Å²) in [5.41, 5.74) is 7.12. The quantitative estimate of drug-likeness (QED) is 0.885. The number of nitrogens with two attached hydrogens (primary N) is 1. The highest BCUT2D eigenvalue weighted by atomic mass is 16.5. The number of methoxy groups -OCH3 is 3. The fourth-order valence-electron chi connectivity index (χ4n) is 2.68. The number of likely N-dealkylation sites (tertiary alicyclic amines) is 1. The Kier molecular flexibility index (Phi) is 4.73. The van der Waals surface area contributed by atoms with E-state index in [-0.39, 0.29) is 6.04 Å². The molecular weight excluding hydrogens is 256 g/mol. The fourth-order valence-corrected chi connectivity index (χ4v) is 2.68. The maximum Gasteiger partial charge on any atom is 0.130 e. The molecule has 2 rings (SSSR count). The van der Waals surface area contributed by atoms with Crippen LogP contribution in [0.1, 0.15) is 12.5 Å². The molecule has 2 atom stereocenters. The van der Waals surface area contributed by atoms with E-state index in [9.17, 15) is 0 Å². The van der Waals surface area contributed by atoms with Gasteiger partial charge in [0, 0.05) is 37.8 Å². The zero-order valence-corrected chi connectivity index (χ0v) is 12.7. The summed E-state index contributed by atoms with van der Waals surface area (Å²) < 4.78 is 16.2. The largest absolute Gasteiger partial charge is 0.496 e. The van der Waals surface area contributed by atoms with Gasteiger partial charge in [0.05, 0.1) is 26.9 Å². The van der Waals surface area contributed by atoms with Gasteiger partial charge in [0.15, 0.2) is 0 Å². The van der Waals surface area contributed by atoms with E-state index in [0.717, 1.165) is 42.4 Å². The van der Waals surface area contributed by atoms with E-state index < -0.39 is 0 Å². The predicted molar refractivity (Wildman–Crippen MR) is 78.5 cm³/mol. The molecule has 0 aromatic heterocycles. The fraction of sp³-hybridized carbons (Fsp3) is 0.600. The van der Waals surface area contributed by atoms with Crippen molar-refractivity contribution in [2.45, 2.75) is 19.5 Å². The van der Waals surface area contributed by atoms with E-state index >= 15 is 0 Å². The maximum atomic E-state index is 6.08. The Bertz CT molecular complexity index is 429. The molecule has 1 aliphatic heterocycles. The molecule has 5 nitrogen and oxygen atoms in total. The minimum Gasteiger partial charge on any atom is -0.496 e. The molecule has 2 N–H and O–H groups in total. The molecule has 0 spiro atoms. The lowest BCUT2D eigenvalue weighted by Gasteiger charge is -2.20. The van der Waals surface area contributed by atoms with Crippen LogP contribution in [0.5, 0.6) is 17.2 Å². The van der Waals surface area contributed by atoms with Gasteiger partial charge in [-0.2, -0.15) is 0 Å². The minimum atomic E-state index is 0.241. The van der Waals surface area contributed by atoms with E-state index in [0.29, 0.717) is 5.92 Å². The van der Waals surface area contributed by atoms with Gasteiger partial charge in [0.1, 0.15) is 17.2 Å². The van der Waals surface area contributed by atoms with Crippen molar-refractivity contribution in [3.05, 3.63) is 17.7 Å². The number of hydrogen-bond acceptors (Lipinski definition) is 5. The molecule has 20 heavy (non-hydrogen) atoms. The Labute approximate surface area is 120 Å². The van der Waals surface area contributed by atoms with Crippen molar-refractivity contribution in [2.24, 2.45) is 11.7 Å². The Morgan fingerprint density at radius 3 is 2.10 bits per heavy atom. The van der Waals surface area contributed by atoms with Crippen LogP contribution in [-0.4, -0.2) is 45.4 Å². The van der Waals surface area contributed by atoms with Crippen LogP contribution in [0.3, 0.4) is 0 Å². The second kappa shape index (κ2) is 6.33. The molecule has 1 aromatic rings. The van der Waals surface area contributed by atoms with E-state index in [1.807, 2.05) is 12.1 Å². The van der Waals surface area contributed by atoms with Crippen LogP contribution in [0.15, 0.2) is 12.1 Å². The summed E-state index contributed by atoms with van der Waals surface area (Å²) in [6, 6.07) is 4.01. The molecule has 1 fully saturated rings. The number of hydrogen-bond donors (Lipinski definition) is 1. The maximum absolute atomic E-state index is 6.08. The summed E-state index contributed by atoms with van der Waals surface area (Å²) >= 11 is 0. The highest BCUT2D eigenvalue weighted by Crippen LogP contribution is 2.35. The third kappa shape index (κ3) is 2.99. The van der Waals surface area contributed by atoms with Crippen LogP contribution in [0, 0.1) is 5.92 Å². The first-order chi connectivity index (χ1) is 9.58. The van der Waals surface area contributed by atoms with Gasteiger partial charge >= 0.3 is 0 Å². The zero-order chi connectivity index (χ0) is 14.7. The standard InChI is InChI=1S/C15H24N2O3/c1-10-7-17(9-13(10)16)8-12-14(19-3)5-11(18-2)6-15(12)20-4/h5-6,10,13H,7-9,16H2,1-4H3. The summed E-state index contributed by atoms with van der Waals surface area (Å²) in [5.74, 6) is 2.82. The Morgan fingerprint density at radius 1 is 1.10 bits per heavy atom. The second-order valence-corrected chi connectivity index (χ2v) is 5.35. The molecule has 1 aliphatic rings. The molecule has 1 aromatic carbocycles. The van der Waals surface area contributed by atoms with Crippen LogP contribution in [0.2, 0.25) is 0 Å². The molecule has 5 heteroatoms. The normalized spacial score (nSPS) is 22.9. The first-order valence-electron chi connectivity index (χ1n) is 6.85. The molecule has 112 valence electrons. The second-order valence-electron chi connectivity index (χ2n) is 5.35. The van der Waals surface area contributed by atoms with E-state index in [4.69, 9.17) is 19.9 Å². The molecular formula is C15H24N2O3. The SMILES string of the molecule is COc1cc(OC)c(CN2CC(C)C(N)C2)c(OC)c1. The highest BCUT2D eigenvalue weighted by molar-refractivity contribution is 5.50. The van der Waals surface area contributed by atoms with Crippen LogP contribution in [0.25, 0.3) is 0 Å². The van der Waals surface area contributed by atoms with Crippen molar-refractivity contribution >= 4 is 0 Å². The number of rotatable bonds is 5. The van der Waals surface area contributed by atoms with Gasteiger partial charge in [-0.25, -0.2) is 0 Å². The Hall–Kier alpha value is -1.46. The Morgan fingerprint density at radius 2 is 1.70 bits per heavy atom. The molecule has 0 amide bonds. The topological polar surface area (TPSA) is 57.0 Å². The summed E-state index contributed by atoms with van der Waals surface area (Å²) in [7, 11) is 4.96. The van der Waals surface area contributed by atoms with Crippen molar-refractivity contribution in [3.63, 3.8) is 0 Å². The number of nitrogens with zero attached hydrogens (tertiary/aromatic N) is 1. The lowest BCUT2D eigenvalue weighted by Crippen LogP contribution is -2.28. The molecule has 1 heterocycles. The third-order valence-electron chi connectivity index (χ3n) is 3.94. The van der Waals surface area contributed by atoms with Gasteiger partial charge in [-0.3, -0.25) is 4.90 Å². The molecule has 0 bridgehead atoms. The zero-order valence-electron chi connectivity index (χ0n) is 12.7. The number of ether oxygens (including phenoxy) is 3. The van der Waals surface area contributed by atoms with E-state index in [1.165, 1.54) is 0 Å². The summed E-state index contributed by atoms with van der Waals surface area (Å²) in [5, 5.41) is 0. The molecule has 0 aliphatic carbocycles. The average Bonchev–Trinajstić information content (AvgIpc) is 2.77. The lowest BCUT2D eigenvalue weighted by atomic mass is 10.1. The van der Waals surface area contributed by atoms with Crippen molar-refractivity contribution in [1.82, 2.24) is 4.90 Å². The van der Waals surface area contributed by atoms with Gasteiger partial charge in [0.2, 0.25) is 0 Å². The van der Waals surface area contributed by atoms with Crippen molar-refractivity contribution < 1.29 is 14.2 Å². The van der Waals surface area contributed by atoms with E-state index in [2.05, 4.69) is 11.8 Å². The lowest BCUT2D eigenvalue weighted by molar-refractivity contribution is 0.298. The third-order valence-corrected chi connectivity index (χ3v) is 3.94. The summed E-state index contributed by atoms with van der Waals surface area (Å²) in [4.78, 5) is 2.34. The van der Waals surface area contributed by atoms with Crippen molar-refractivity contribution in [1.29, 1.82) is 0 Å². The minimum absolute atomic E-state index is 0.241. The highest BCUT2D eigenvalue weighted by Gasteiger charge is 2.28. The first kappa shape index (κ1) is 14.9. The summed E-state index contributed by atoms with van der Waals surface area (Å²) in [6.07, 6.45) is 0. The van der Waals surface area contributed by atoms with Gasteiger partial charge < -0.3 is 19.9 Å². The van der Waals surface area contributed by atoms with Crippen LogP contribution < -0.4 is 19.9 Å². The number of benzene rings is 1. The summed E-state index contributed by atoms with van der Waals surface area (Å²) in [6.45, 7) is 4.86. The van der Waals surface area contributed by atoms with Gasteiger partial charge in [0.25, 0.3) is 0 Å². The Balaban J connectivity index is 2.25. The van der Waals surface area contributed by atoms with Gasteiger partial charge in [-0.15, -0.1) is 0 Å². The van der Waals surface area contributed by atoms with Gasteiger partial charge in [-0.1, -0.05) is 6.92 Å². The molecule has 0 radical (unpaired) electrons. The monoisotopic (exact) mass is 280 g/mol. The first-order valence-corrected chi connectivity index (χ1v) is 6.85. The van der Waals surface area contributed by atoms with Crippen molar-refractivity contribution in [2.75, 3.05) is 34.4 Å². The average molecular weight is 280 g/mol. The molecule has 0 saturated carbocycles. The smallest absolute Gasteiger partial charge is 0.130 e. The van der Waals surface area contributed by atoms with Crippen LogP contribution >= 0.6 is 0 Å². The van der Waals surface area contributed by atoms with Crippen LogP contribution in [-0.2, 0) is 6.54 Å². The van der Waals surface area contributed by atoms with Gasteiger partial charge in [-0.05, 0) is 5.92 Å². The van der Waals surface area contributed by atoms with E-state index in [1.54, 1.807) is 21.3 Å². The van der Waals surface area contributed by atoms with Crippen molar-refractivity contribution in [3.8, 4) is 17.2 Å².